The lowest BCUT2D eigenvalue weighted by Crippen LogP contribution is -2.36. The Labute approximate surface area is 120 Å². The van der Waals surface area contributed by atoms with Gasteiger partial charge < -0.3 is 15.6 Å². The van der Waals surface area contributed by atoms with E-state index < -0.39 is 0 Å². The van der Waals surface area contributed by atoms with Crippen LogP contribution < -0.4 is 16.6 Å². The standard InChI is InChI=1S/C15H24N4O/c1-11-9-13(3-4-14(11)18-16)15(20)17-10-12-5-7-19(2)8-6-12/h3-4,9,12,18H,5-8,10,16H2,1-2H3,(H,17,20). The fraction of sp³-hybridized carbons (Fsp3) is 0.533. The number of rotatable bonds is 4. The van der Waals surface area contributed by atoms with Gasteiger partial charge >= 0.3 is 0 Å². The maximum atomic E-state index is 12.1. The van der Waals surface area contributed by atoms with E-state index in [4.69, 9.17) is 5.84 Å². The van der Waals surface area contributed by atoms with Gasteiger partial charge in [0.1, 0.15) is 0 Å². The van der Waals surface area contributed by atoms with E-state index in [1.54, 1.807) is 6.07 Å². The van der Waals surface area contributed by atoms with E-state index in [-0.39, 0.29) is 5.91 Å². The Morgan fingerprint density at radius 2 is 2.10 bits per heavy atom. The first-order chi connectivity index (χ1) is 9.60. The quantitative estimate of drug-likeness (QED) is 0.573. The van der Waals surface area contributed by atoms with Crippen molar-refractivity contribution in [2.24, 2.45) is 11.8 Å². The Bertz CT molecular complexity index is 467. The zero-order chi connectivity index (χ0) is 14.5. The van der Waals surface area contributed by atoms with Crippen molar-refractivity contribution in [3.05, 3.63) is 29.3 Å². The Hall–Kier alpha value is -1.59. The topological polar surface area (TPSA) is 70.4 Å². The summed E-state index contributed by atoms with van der Waals surface area (Å²) in [5.41, 5.74) is 5.12. The molecule has 0 radical (unpaired) electrons. The van der Waals surface area contributed by atoms with E-state index >= 15 is 0 Å². The van der Waals surface area contributed by atoms with Gasteiger partial charge in [-0.3, -0.25) is 10.6 Å². The molecule has 5 heteroatoms. The van der Waals surface area contributed by atoms with E-state index in [0.717, 1.165) is 43.7 Å². The van der Waals surface area contributed by atoms with Crippen LogP contribution in [0.15, 0.2) is 18.2 Å². The lowest BCUT2D eigenvalue weighted by molar-refractivity contribution is 0.0939. The van der Waals surface area contributed by atoms with Crippen LogP contribution in [0.25, 0.3) is 0 Å². The van der Waals surface area contributed by atoms with Gasteiger partial charge in [0.2, 0.25) is 0 Å². The second kappa shape index (κ2) is 6.72. The van der Waals surface area contributed by atoms with E-state index in [1.807, 2.05) is 19.1 Å². The molecule has 5 nitrogen and oxygen atoms in total. The maximum absolute atomic E-state index is 12.1. The molecule has 0 bridgehead atoms. The highest BCUT2D eigenvalue weighted by Crippen LogP contribution is 2.17. The molecule has 2 rings (SSSR count). The summed E-state index contributed by atoms with van der Waals surface area (Å²) in [5.74, 6) is 5.98. The Morgan fingerprint density at radius 3 is 2.70 bits per heavy atom. The number of likely N-dealkylation sites (tertiary alicyclic amines) is 1. The number of nitrogens with two attached hydrogens (primary N) is 1. The van der Waals surface area contributed by atoms with Gasteiger partial charge in [0.05, 0.1) is 5.69 Å². The van der Waals surface area contributed by atoms with Crippen molar-refractivity contribution in [2.75, 3.05) is 32.1 Å². The number of carbonyl (C=O) groups is 1. The third-order valence-corrected chi connectivity index (χ3v) is 4.03. The summed E-state index contributed by atoms with van der Waals surface area (Å²) in [6.07, 6.45) is 2.32. The molecule has 0 aromatic heterocycles. The number of hydrazine groups is 1. The van der Waals surface area contributed by atoms with Gasteiger partial charge in [-0.25, -0.2) is 0 Å². The molecule has 0 saturated carbocycles. The number of hydrogen-bond donors (Lipinski definition) is 3. The van der Waals surface area contributed by atoms with Gasteiger partial charge in [-0.15, -0.1) is 0 Å². The lowest BCUT2D eigenvalue weighted by atomic mass is 9.97. The second-order valence-corrected chi connectivity index (χ2v) is 5.63. The molecule has 0 aliphatic carbocycles. The number of nitrogens with one attached hydrogen (secondary N) is 2. The fourth-order valence-electron chi connectivity index (χ4n) is 2.57. The normalized spacial score (nSPS) is 16.9. The number of carbonyl (C=O) groups excluding carboxylic acids is 1. The molecule has 1 aliphatic rings. The van der Waals surface area contributed by atoms with Crippen LogP contribution in [0.3, 0.4) is 0 Å². The number of nitrogens with zero attached hydrogens (tertiary/aromatic N) is 1. The molecule has 1 saturated heterocycles. The summed E-state index contributed by atoms with van der Waals surface area (Å²) in [7, 11) is 2.14. The van der Waals surface area contributed by atoms with Crippen LogP contribution >= 0.6 is 0 Å². The molecule has 20 heavy (non-hydrogen) atoms. The van der Waals surface area contributed by atoms with Crippen LogP contribution in [0.2, 0.25) is 0 Å². The predicted octanol–water partition coefficient (Wildman–Crippen LogP) is 1.35. The SMILES string of the molecule is Cc1cc(C(=O)NCC2CCN(C)CC2)ccc1NN. The summed E-state index contributed by atoms with van der Waals surface area (Å²) >= 11 is 0. The van der Waals surface area contributed by atoms with Gasteiger partial charge in [-0.05, 0) is 69.6 Å². The molecule has 0 spiro atoms. The van der Waals surface area contributed by atoms with Crippen LogP contribution in [-0.2, 0) is 0 Å². The minimum atomic E-state index is -0.00407. The molecule has 1 aliphatic heterocycles. The van der Waals surface area contributed by atoms with Gasteiger partial charge in [0.25, 0.3) is 5.91 Å². The molecule has 1 heterocycles. The Balaban J connectivity index is 1.87. The Kier molecular flexibility index (Phi) is 4.98. The third-order valence-electron chi connectivity index (χ3n) is 4.03. The molecule has 0 atom stereocenters. The summed E-state index contributed by atoms with van der Waals surface area (Å²) in [6, 6.07) is 5.49. The van der Waals surface area contributed by atoms with Gasteiger partial charge in [-0.1, -0.05) is 0 Å². The minimum Gasteiger partial charge on any atom is -0.352 e. The molecular weight excluding hydrogens is 252 g/mol. The van der Waals surface area contributed by atoms with Crippen molar-refractivity contribution in [1.29, 1.82) is 0 Å². The second-order valence-electron chi connectivity index (χ2n) is 5.63. The van der Waals surface area contributed by atoms with Crippen molar-refractivity contribution in [1.82, 2.24) is 10.2 Å². The lowest BCUT2D eigenvalue weighted by Gasteiger charge is -2.28. The zero-order valence-corrected chi connectivity index (χ0v) is 12.3. The molecule has 1 aromatic rings. The first-order valence-electron chi connectivity index (χ1n) is 7.14. The number of amides is 1. The van der Waals surface area contributed by atoms with E-state index in [1.165, 1.54) is 0 Å². The maximum Gasteiger partial charge on any atom is 0.251 e. The van der Waals surface area contributed by atoms with E-state index in [2.05, 4.69) is 22.7 Å². The molecule has 4 N–H and O–H groups in total. The minimum absolute atomic E-state index is 0.00407. The monoisotopic (exact) mass is 276 g/mol. The van der Waals surface area contributed by atoms with Crippen LogP contribution in [-0.4, -0.2) is 37.5 Å². The molecular formula is C15H24N4O. The van der Waals surface area contributed by atoms with Crippen molar-refractivity contribution >= 4 is 11.6 Å². The van der Waals surface area contributed by atoms with Gasteiger partial charge in [-0.2, -0.15) is 0 Å². The number of benzene rings is 1. The highest BCUT2D eigenvalue weighted by molar-refractivity contribution is 5.94. The number of nitrogen functional groups attached to an aromatic ring is 1. The summed E-state index contributed by atoms with van der Waals surface area (Å²) < 4.78 is 0. The summed E-state index contributed by atoms with van der Waals surface area (Å²) in [6.45, 7) is 4.94. The van der Waals surface area contributed by atoms with Crippen LogP contribution in [0.5, 0.6) is 0 Å². The fourth-order valence-corrected chi connectivity index (χ4v) is 2.57. The van der Waals surface area contributed by atoms with Crippen LogP contribution in [0.4, 0.5) is 5.69 Å². The largest absolute Gasteiger partial charge is 0.352 e. The van der Waals surface area contributed by atoms with Gasteiger partial charge in [0.15, 0.2) is 0 Å². The molecule has 1 fully saturated rings. The predicted molar refractivity (Wildman–Crippen MR) is 81.5 cm³/mol. The van der Waals surface area contributed by atoms with Gasteiger partial charge in [0, 0.05) is 12.1 Å². The average molecular weight is 276 g/mol. The van der Waals surface area contributed by atoms with Crippen molar-refractivity contribution in [3.8, 4) is 0 Å². The van der Waals surface area contributed by atoms with Crippen molar-refractivity contribution < 1.29 is 4.79 Å². The number of piperidine rings is 1. The molecule has 0 unspecified atom stereocenters. The molecule has 1 aromatic carbocycles. The van der Waals surface area contributed by atoms with Crippen LogP contribution in [0.1, 0.15) is 28.8 Å². The number of hydrogen-bond acceptors (Lipinski definition) is 4. The average Bonchev–Trinajstić information content (AvgIpc) is 2.46. The van der Waals surface area contributed by atoms with Crippen LogP contribution in [0, 0.1) is 12.8 Å². The Morgan fingerprint density at radius 1 is 1.40 bits per heavy atom. The summed E-state index contributed by atoms with van der Waals surface area (Å²) in [4.78, 5) is 14.5. The third kappa shape index (κ3) is 3.71. The van der Waals surface area contributed by atoms with Crippen molar-refractivity contribution in [3.63, 3.8) is 0 Å². The van der Waals surface area contributed by atoms with E-state index in [0.29, 0.717) is 11.5 Å². The molecule has 110 valence electrons. The number of anilines is 1. The first kappa shape index (κ1) is 14.8. The highest BCUT2D eigenvalue weighted by atomic mass is 16.1. The van der Waals surface area contributed by atoms with Crippen molar-refractivity contribution in [2.45, 2.75) is 19.8 Å². The van der Waals surface area contributed by atoms with E-state index in [9.17, 15) is 4.79 Å². The number of aryl methyl sites for hydroxylation is 1. The zero-order valence-electron chi connectivity index (χ0n) is 12.3. The first-order valence-corrected chi connectivity index (χ1v) is 7.14. The molecule has 1 amide bonds. The highest BCUT2D eigenvalue weighted by Gasteiger charge is 2.17. The summed E-state index contributed by atoms with van der Waals surface area (Å²) in [5, 5.41) is 3.04. The smallest absolute Gasteiger partial charge is 0.251 e.